The van der Waals surface area contributed by atoms with Crippen LogP contribution in [0.4, 0.5) is 0 Å². The Morgan fingerprint density at radius 3 is 2.95 bits per heavy atom. The lowest BCUT2D eigenvalue weighted by atomic mass is 9.97. The summed E-state index contributed by atoms with van der Waals surface area (Å²) in [5.41, 5.74) is 0.847. The molecule has 1 fully saturated rings. The van der Waals surface area contributed by atoms with E-state index in [0.717, 1.165) is 18.5 Å². The lowest BCUT2D eigenvalue weighted by Gasteiger charge is -2.16. The first-order valence-electron chi connectivity index (χ1n) is 6.57. The van der Waals surface area contributed by atoms with Crippen LogP contribution in [0.2, 0.25) is 0 Å². The van der Waals surface area contributed by atoms with Gasteiger partial charge in [0, 0.05) is 6.54 Å². The van der Waals surface area contributed by atoms with Crippen LogP contribution < -0.4 is 10.0 Å². The first kappa shape index (κ1) is 14.3. The van der Waals surface area contributed by atoms with Gasteiger partial charge in [0.15, 0.2) is 0 Å². The van der Waals surface area contributed by atoms with Gasteiger partial charge < -0.3 is 5.32 Å². The maximum atomic E-state index is 12.0. The van der Waals surface area contributed by atoms with Crippen molar-refractivity contribution in [1.82, 2.24) is 10.0 Å². The smallest absolute Gasteiger partial charge is 0.238 e. The van der Waals surface area contributed by atoms with Crippen LogP contribution in [0, 0.1) is 11.8 Å². The second-order valence-electron chi connectivity index (χ2n) is 5.31. The molecule has 0 bridgehead atoms. The van der Waals surface area contributed by atoms with Gasteiger partial charge in [-0.05, 0) is 25.3 Å². The lowest BCUT2D eigenvalue weighted by Crippen LogP contribution is -2.38. The van der Waals surface area contributed by atoms with Crippen LogP contribution in [0.15, 0.2) is 23.8 Å². The summed E-state index contributed by atoms with van der Waals surface area (Å²) in [5.74, 6) is -0.350. The van der Waals surface area contributed by atoms with E-state index < -0.39 is 10.0 Å². The zero-order valence-electron chi connectivity index (χ0n) is 11.1. The van der Waals surface area contributed by atoms with Crippen molar-refractivity contribution in [3.63, 3.8) is 0 Å². The average Bonchev–Trinajstić information content (AvgIpc) is 2.80. The van der Waals surface area contributed by atoms with Crippen LogP contribution in [0.1, 0.15) is 19.8 Å². The van der Waals surface area contributed by atoms with Crippen molar-refractivity contribution < 1.29 is 13.2 Å². The molecule has 1 aliphatic heterocycles. The Labute approximate surface area is 114 Å². The highest BCUT2D eigenvalue weighted by Crippen LogP contribution is 2.19. The molecule has 2 atom stereocenters. The maximum Gasteiger partial charge on any atom is 0.238 e. The predicted octanol–water partition coefficient (Wildman–Crippen LogP) is 0.564. The SMILES string of the molecule is CC1C=CC=C(CS(=O)(=O)NC(=O)C2CCNC2)C1. The molecule has 0 aromatic carbocycles. The minimum absolute atomic E-state index is 0.0897. The van der Waals surface area contributed by atoms with E-state index >= 15 is 0 Å². The van der Waals surface area contributed by atoms with Gasteiger partial charge in [-0.2, -0.15) is 0 Å². The molecule has 2 aliphatic rings. The van der Waals surface area contributed by atoms with Crippen LogP contribution in [0.3, 0.4) is 0 Å². The molecule has 1 heterocycles. The van der Waals surface area contributed by atoms with Crippen molar-refractivity contribution in [2.75, 3.05) is 18.8 Å². The van der Waals surface area contributed by atoms with E-state index in [1.165, 1.54) is 0 Å². The van der Waals surface area contributed by atoms with E-state index in [2.05, 4.69) is 10.0 Å². The Balaban J connectivity index is 1.93. The lowest BCUT2D eigenvalue weighted by molar-refractivity contribution is -0.122. The number of carbonyl (C=O) groups is 1. The van der Waals surface area contributed by atoms with Gasteiger partial charge in [0.25, 0.3) is 0 Å². The highest BCUT2D eigenvalue weighted by Gasteiger charge is 2.26. The van der Waals surface area contributed by atoms with Crippen LogP contribution >= 0.6 is 0 Å². The van der Waals surface area contributed by atoms with Gasteiger partial charge in [-0.1, -0.05) is 30.7 Å². The molecule has 0 aromatic heterocycles. The number of allylic oxidation sites excluding steroid dienone is 3. The van der Waals surface area contributed by atoms with Crippen molar-refractivity contribution in [2.45, 2.75) is 19.8 Å². The number of sulfonamides is 1. The molecule has 2 unspecified atom stereocenters. The van der Waals surface area contributed by atoms with Crippen molar-refractivity contribution in [3.8, 4) is 0 Å². The number of hydrogen-bond acceptors (Lipinski definition) is 4. The molecular weight excluding hydrogens is 264 g/mol. The summed E-state index contributed by atoms with van der Waals surface area (Å²) in [5, 5.41) is 3.05. The number of carbonyl (C=O) groups excluding carboxylic acids is 1. The average molecular weight is 284 g/mol. The van der Waals surface area contributed by atoms with Crippen LogP contribution in [-0.4, -0.2) is 33.2 Å². The molecule has 19 heavy (non-hydrogen) atoms. The van der Waals surface area contributed by atoms with E-state index in [0.29, 0.717) is 18.9 Å². The summed E-state index contributed by atoms with van der Waals surface area (Å²) in [6, 6.07) is 0. The normalized spacial score (nSPS) is 27.1. The van der Waals surface area contributed by atoms with E-state index in [1.54, 1.807) is 0 Å². The van der Waals surface area contributed by atoms with Gasteiger partial charge in [-0.15, -0.1) is 0 Å². The first-order chi connectivity index (χ1) is 8.96. The molecular formula is C13H20N2O3S. The van der Waals surface area contributed by atoms with Gasteiger partial charge in [0.05, 0.1) is 11.7 Å². The highest BCUT2D eigenvalue weighted by atomic mass is 32.2. The zero-order valence-corrected chi connectivity index (χ0v) is 11.9. The standard InChI is InChI=1S/C13H20N2O3S/c1-10-3-2-4-11(7-10)9-19(17,18)15-13(16)12-5-6-14-8-12/h2-4,10,12,14H,5-9H2,1H3,(H,15,16). The quantitative estimate of drug-likeness (QED) is 0.791. The fraction of sp³-hybridized carbons (Fsp3) is 0.615. The Bertz CT molecular complexity index is 502. The second kappa shape index (κ2) is 5.88. The Morgan fingerprint density at radius 1 is 1.53 bits per heavy atom. The van der Waals surface area contributed by atoms with Gasteiger partial charge >= 0.3 is 0 Å². The topological polar surface area (TPSA) is 75.3 Å². The summed E-state index contributed by atoms with van der Waals surface area (Å²) >= 11 is 0. The Hall–Kier alpha value is -1.14. The first-order valence-corrected chi connectivity index (χ1v) is 8.23. The van der Waals surface area contributed by atoms with Crippen molar-refractivity contribution in [2.24, 2.45) is 11.8 Å². The van der Waals surface area contributed by atoms with E-state index in [4.69, 9.17) is 0 Å². The van der Waals surface area contributed by atoms with Gasteiger partial charge in [-0.25, -0.2) is 8.42 Å². The minimum Gasteiger partial charge on any atom is -0.316 e. The van der Waals surface area contributed by atoms with Crippen molar-refractivity contribution in [1.29, 1.82) is 0 Å². The van der Waals surface area contributed by atoms with Gasteiger partial charge in [0.2, 0.25) is 15.9 Å². The molecule has 6 heteroatoms. The largest absolute Gasteiger partial charge is 0.316 e. The number of rotatable bonds is 4. The Morgan fingerprint density at radius 2 is 2.32 bits per heavy atom. The number of hydrogen-bond donors (Lipinski definition) is 2. The fourth-order valence-corrected chi connectivity index (χ4v) is 3.68. The summed E-state index contributed by atoms with van der Waals surface area (Å²) in [4.78, 5) is 11.8. The van der Waals surface area contributed by atoms with Gasteiger partial charge in [0.1, 0.15) is 0 Å². The van der Waals surface area contributed by atoms with E-state index in [9.17, 15) is 13.2 Å². The molecule has 1 saturated heterocycles. The van der Waals surface area contributed by atoms with Crippen molar-refractivity contribution in [3.05, 3.63) is 23.8 Å². The molecule has 0 saturated carbocycles. The van der Waals surface area contributed by atoms with Gasteiger partial charge in [-0.3, -0.25) is 9.52 Å². The van der Waals surface area contributed by atoms with Crippen LogP contribution in [0.25, 0.3) is 0 Å². The summed E-state index contributed by atoms with van der Waals surface area (Å²) in [7, 11) is -3.57. The number of amides is 1. The van der Waals surface area contributed by atoms with Crippen LogP contribution in [-0.2, 0) is 14.8 Å². The molecule has 106 valence electrons. The second-order valence-corrected chi connectivity index (χ2v) is 7.03. The maximum absolute atomic E-state index is 12.0. The summed E-state index contributed by atoms with van der Waals surface area (Å²) in [6.07, 6.45) is 7.17. The fourth-order valence-electron chi connectivity index (χ4n) is 2.43. The molecule has 1 aliphatic carbocycles. The molecule has 0 spiro atoms. The monoisotopic (exact) mass is 284 g/mol. The minimum atomic E-state index is -3.57. The van der Waals surface area contributed by atoms with E-state index in [-0.39, 0.29) is 17.6 Å². The Kier molecular flexibility index (Phi) is 4.42. The highest BCUT2D eigenvalue weighted by molar-refractivity contribution is 7.90. The molecule has 2 N–H and O–H groups in total. The predicted molar refractivity (Wildman–Crippen MR) is 73.9 cm³/mol. The third-order valence-corrected chi connectivity index (χ3v) is 4.68. The van der Waals surface area contributed by atoms with Crippen LogP contribution in [0.5, 0.6) is 0 Å². The van der Waals surface area contributed by atoms with Crippen molar-refractivity contribution >= 4 is 15.9 Å². The third-order valence-electron chi connectivity index (χ3n) is 3.42. The summed E-state index contributed by atoms with van der Waals surface area (Å²) < 4.78 is 26.1. The number of nitrogens with one attached hydrogen (secondary N) is 2. The van der Waals surface area contributed by atoms with E-state index in [1.807, 2.05) is 25.2 Å². The molecule has 0 aromatic rings. The molecule has 0 radical (unpaired) electrons. The zero-order chi connectivity index (χ0) is 13.9. The summed E-state index contributed by atoms with van der Waals surface area (Å²) in [6.45, 7) is 3.37. The molecule has 2 rings (SSSR count). The molecule has 5 nitrogen and oxygen atoms in total. The molecule has 1 amide bonds. The third kappa shape index (κ3) is 4.18.